The SMILES string of the molecule is COCCO[C@H]1CCCN(C(=O)[C@@H]2CCCOC2)C1. The molecule has 5 heteroatoms. The molecular weight excluding hydrogens is 246 g/mol. The van der Waals surface area contributed by atoms with Crippen LogP contribution >= 0.6 is 0 Å². The number of piperidine rings is 1. The molecule has 0 aliphatic carbocycles. The number of amides is 1. The van der Waals surface area contributed by atoms with E-state index >= 15 is 0 Å². The molecule has 110 valence electrons. The highest BCUT2D eigenvalue weighted by Gasteiger charge is 2.30. The smallest absolute Gasteiger partial charge is 0.228 e. The summed E-state index contributed by atoms with van der Waals surface area (Å²) in [5.74, 6) is 0.311. The minimum absolute atomic E-state index is 0.0616. The Morgan fingerprint density at radius 2 is 2.21 bits per heavy atom. The van der Waals surface area contributed by atoms with Gasteiger partial charge in [-0.2, -0.15) is 0 Å². The number of carbonyl (C=O) groups excluding carboxylic acids is 1. The highest BCUT2D eigenvalue weighted by atomic mass is 16.5. The Kier molecular flexibility index (Phi) is 6.07. The van der Waals surface area contributed by atoms with E-state index in [1.807, 2.05) is 4.90 Å². The Bertz CT molecular complexity index is 279. The second-order valence-corrected chi connectivity index (χ2v) is 5.33. The summed E-state index contributed by atoms with van der Waals surface area (Å²) in [7, 11) is 1.67. The molecule has 0 aromatic heterocycles. The Hall–Kier alpha value is -0.650. The van der Waals surface area contributed by atoms with Gasteiger partial charge >= 0.3 is 0 Å². The van der Waals surface area contributed by atoms with Crippen molar-refractivity contribution in [2.24, 2.45) is 5.92 Å². The standard InChI is InChI=1S/C14H25NO4/c1-17-8-9-19-13-5-2-6-15(10-13)14(16)12-4-3-7-18-11-12/h12-13H,2-11H2,1H3/t12-,13+/m1/s1. The zero-order valence-corrected chi connectivity index (χ0v) is 11.8. The Morgan fingerprint density at radius 3 is 2.95 bits per heavy atom. The molecule has 0 spiro atoms. The number of rotatable bonds is 5. The predicted molar refractivity (Wildman–Crippen MR) is 71.0 cm³/mol. The molecule has 2 atom stereocenters. The molecule has 2 aliphatic heterocycles. The maximum absolute atomic E-state index is 12.4. The molecule has 5 nitrogen and oxygen atoms in total. The van der Waals surface area contributed by atoms with E-state index in [9.17, 15) is 4.79 Å². The molecule has 0 aromatic rings. The quantitative estimate of drug-likeness (QED) is 0.702. The van der Waals surface area contributed by atoms with Crippen molar-refractivity contribution >= 4 is 5.91 Å². The summed E-state index contributed by atoms with van der Waals surface area (Å²) in [4.78, 5) is 14.4. The Balaban J connectivity index is 1.77. The normalized spacial score (nSPS) is 28.4. The summed E-state index contributed by atoms with van der Waals surface area (Å²) in [6, 6.07) is 0. The first-order valence-electron chi connectivity index (χ1n) is 7.28. The first-order chi connectivity index (χ1) is 9.31. The fraction of sp³-hybridized carbons (Fsp3) is 0.929. The van der Waals surface area contributed by atoms with Crippen molar-refractivity contribution in [2.45, 2.75) is 31.8 Å². The number of hydrogen-bond donors (Lipinski definition) is 0. The van der Waals surface area contributed by atoms with Gasteiger partial charge in [-0.15, -0.1) is 0 Å². The zero-order valence-electron chi connectivity index (χ0n) is 11.8. The van der Waals surface area contributed by atoms with E-state index in [0.717, 1.165) is 45.4 Å². The van der Waals surface area contributed by atoms with Gasteiger partial charge in [0.15, 0.2) is 0 Å². The minimum atomic E-state index is 0.0616. The maximum atomic E-state index is 12.4. The van der Waals surface area contributed by atoms with Crippen molar-refractivity contribution in [1.82, 2.24) is 4.90 Å². The fourth-order valence-corrected chi connectivity index (χ4v) is 2.77. The summed E-state index contributed by atoms with van der Waals surface area (Å²) in [6.45, 7) is 4.19. The van der Waals surface area contributed by atoms with Gasteiger partial charge < -0.3 is 19.1 Å². The molecule has 2 fully saturated rings. The van der Waals surface area contributed by atoms with Crippen molar-refractivity contribution < 1.29 is 19.0 Å². The molecule has 2 heterocycles. The zero-order chi connectivity index (χ0) is 13.5. The monoisotopic (exact) mass is 271 g/mol. The van der Waals surface area contributed by atoms with Crippen molar-refractivity contribution in [2.75, 3.05) is 46.6 Å². The summed E-state index contributed by atoms with van der Waals surface area (Å²) in [6.07, 6.45) is 4.19. The summed E-state index contributed by atoms with van der Waals surface area (Å²) < 4.78 is 16.1. The number of methoxy groups -OCH3 is 1. The van der Waals surface area contributed by atoms with E-state index in [4.69, 9.17) is 14.2 Å². The molecule has 2 rings (SSSR count). The van der Waals surface area contributed by atoms with Crippen molar-refractivity contribution in [3.8, 4) is 0 Å². The first-order valence-corrected chi connectivity index (χ1v) is 7.28. The van der Waals surface area contributed by atoms with E-state index in [1.54, 1.807) is 7.11 Å². The van der Waals surface area contributed by atoms with Crippen LogP contribution in [0.2, 0.25) is 0 Å². The predicted octanol–water partition coefficient (Wildman–Crippen LogP) is 1.07. The van der Waals surface area contributed by atoms with E-state index in [1.165, 1.54) is 0 Å². The maximum Gasteiger partial charge on any atom is 0.228 e. The van der Waals surface area contributed by atoms with E-state index < -0.39 is 0 Å². The topological polar surface area (TPSA) is 48.0 Å². The van der Waals surface area contributed by atoms with Crippen LogP contribution in [0.4, 0.5) is 0 Å². The third kappa shape index (κ3) is 4.44. The summed E-state index contributed by atoms with van der Waals surface area (Å²) in [5, 5.41) is 0. The van der Waals surface area contributed by atoms with Gasteiger partial charge in [0.2, 0.25) is 5.91 Å². The summed E-state index contributed by atoms with van der Waals surface area (Å²) in [5.41, 5.74) is 0. The van der Waals surface area contributed by atoms with Crippen LogP contribution in [0, 0.1) is 5.92 Å². The van der Waals surface area contributed by atoms with E-state index in [0.29, 0.717) is 19.8 Å². The third-order valence-electron chi connectivity index (χ3n) is 3.84. The largest absolute Gasteiger partial charge is 0.382 e. The molecule has 1 amide bonds. The average Bonchev–Trinajstić information content (AvgIpc) is 2.48. The molecule has 2 saturated heterocycles. The van der Waals surface area contributed by atoms with Crippen LogP contribution in [-0.2, 0) is 19.0 Å². The third-order valence-corrected chi connectivity index (χ3v) is 3.84. The number of carbonyl (C=O) groups is 1. The lowest BCUT2D eigenvalue weighted by Crippen LogP contribution is -2.47. The second-order valence-electron chi connectivity index (χ2n) is 5.33. The van der Waals surface area contributed by atoms with E-state index in [-0.39, 0.29) is 17.9 Å². The van der Waals surface area contributed by atoms with Gasteiger partial charge in [-0.3, -0.25) is 4.79 Å². The summed E-state index contributed by atoms with van der Waals surface area (Å²) >= 11 is 0. The van der Waals surface area contributed by atoms with Gasteiger partial charge in [-0.1, -0.05) is 0 Å². The number of likely N-dealkylation sites (tertiary alicyclic amines) is 1. The molecular formula is C14H25NO4. The Morgan fingerprint density at radius 1 is 1.32 bits per heavy atom. The molecule has 0 saturated carbocycles. The lowest BCUT2D eigenvalue weighted by Gasteiger charge is -2.35. The molecule has 19 heavy (non-hydrogen) atoms. The van der Waals surface area contributed by atoms with Gasteiger partial charge in [0.25, 0.3) is 0 Å². The second kappa shape index (κ2) is 7.82. The molecule has 0 unspecified atom stereocenters. The minimum Gasteiger partial charge on any atom is -0.382 e. The van der Waals surface area contributed by atoms with Gasteiger partial charge in [0, 0.05) is 26.8 Å². The molecule has 0 aromatic carbocycles. The van der Waals surface area contributed by atoms with Crippen molar-refractivity contribution in [3.63, 3.8) is 0 Å². The molecule has 2 aliphatic rings. The van der Waals surface area contributed by atoms with Crippen LogP contribution in [0.15, 0.2) is 0 Å². The number of nitrogens with zero attached hydrogens (tertiary/aromatic N) is 1. The van der Waals surface area contributed by atoms with Gasteiger partial charge in [-0.05, 0) is 25.7 Å². The van der Waals surface area contributed by atoms with Crippen molar-refractivity contribution in [3.05, 3.63) is 0 Å². The van der Waals surface area contributed by atoms with Crippen LogP contribution < -0.4 is 0 Å². The van der Waals surface area contributed by atoms with Crippen LogP contribution in [-0.4, -0.2) is 63.5 Å². The highest BCUT2D eigenvalue weighted by molar-refractivity contribution is 5.79. The number of hydrogen-bond acceptors (Lipinski definition) is 4. The molecule has 0 N–H and O–H groups in total. The first kappa shape index (κ1) is 14.8. The van der Waals surface area contributed by atoms with E-state index in [2.05, 4.69) is 0 Å². The lowest BCUT2D eigenvalue weighted by molar-refractivity contribution is -0.144. The number of ether oxygens (including phenoxy) is 3. The van der Waals surface area contributed by atoms with Crippen LogP contribution in [0.25, 0.3) is 0 Å². The fourth-order valence-electron chi connectivity index (χ4n) is 2.77. The molecule has 0 radical (unpaired) electrons. The highest BCUT2D eigenvalue weighted by Crippen LogP contribution is 2.20. The van der Waals surface area contributed by atoms with Gasteiger partial charge in [0.05, 0.1) is 31.8 Å². The Labute approximate surface area is 115 Å². The van der Waals surface area contributed by atoms with Crippen LogP contribution in [0.3, 0.4) is 0 Å². The van der Waals surface area contributed by atoms with Crippen LogP contribution in [0.5, 0.6) is 0 Å². The van der Waals surface area contributed by atoms with Crippen molar-refractivity contribution in [1.29, 1.82) is 0 Å². The van der Waals surface area contributed by atoms with Crippen LogP contribution in [0.1, 0.15) is 25.7 Å². The lowest BCUT2D eigenvalue weighted by atomic mass is 9.98. The van der Waals surface area contributed by atoms with Gasteiger partial charge in [-0.25, -0.2) is 0 Å². The average molecular weight is 271 g/mol. The van der Waals surface area contributed by atoms with Gasteiger partial charge in [0.1, 0.15) is 0 Å². The molecule has 0 bridgehead atoms.